The number of hydrogen-bond acceptors (Lipinski definition) is 7. The Kier molecular flexibility index (Phi) is 4.83. The lowest BCUT2D eigenvalue weighted by molar-refractivity contribution is -0.122. The number of aromatic nitrogens is 3. The molecule has 1 amide bonds. The molecule has 0 saturated carbocycles. The molecule has 0 radical (unpaired) electrons. The number of nitrogens with one attached hydrogen (secondary N) is 1. The number of carbonyl (C=O) groups is 1. The Hall–Kier alpha value is -2.36. The molecule has 2 aliphatic heterocycles. The van der Waals surface area contributed by atoms with Crippen LogP contribution in [0.4, 0.5) is 0 Å². The van der Waals surface area contributed by atoms with Crippen LogP contribution >= 0.6 is 11.3 Å². The molecule has 0 spiro atoms. The first-order chi connectivity index (χ1) is 14.4. The van der Waals surface area contributed by atoms with Crippen LogP contribution in [0.3, 0.4) is 0 Å². The van der Waals surface area contributed by atoms with Gasteiger partial charge in [0, 0.05) is 30.5 Å². The molecule has 9 heteroatoms. The number of amides is 1. The van der Waals surface area contributed by atoms with Crippen molar-refractivity contribution < 1.29 is 14.3 Å². The molecule has 1 fully saturated rings. The van der Waals surface area contributed by atoms with Gasteiger partial charge in [-0.2, -0.15) is 0 Å². The van der Waals surface area contributed by atoms with Crippen LogP contribution < -0.4 is 10.9 Å². The van der Waals surface area contributed by atoms with Crippen molar-refractivity contribution in [3.8, 4) is 0 Å². The van der Waals surface area contributed by atoms with Crippen molar-refractivity contribution in [2.75, 3.05) is 13.2 Å². The molecule has 158 valence electrons. The molecule has 0 aromatic carbocycles. The van der Waals surface area contributed by atoms with Crippen molar-refractivity contribution in [1.29, 1.82) is 0 Å². The van der Waals surface area contributed by atoms with E-state index in [1.165, 1.54) is 22.2 Å². The van der Waals surface area contributed by atoms with Gasteiger partial charge >= 0.3 is 0 Å². The number of thiophene rings is 1. The average molecular weight is 429 g/mol. The first-order valence-corrected chi connectivity index (χ1v) is 11.0. The molecule has 8 nitrogen and oxygen atoms in total. The van der Waals surface area contributed by atoms with E-state index in [-0.39, 0.29) is 29.7 Å². The van der Waals surface area contributed by atoms with Gasteiger partial charge in [-0.05, 0) is 32.8 Å². The Bertz CT molecular complexity index is 1190. The zero-order valence-electron chi connectivity index (χ0n) is 17.1. The molecule has 1 N–H and O–H groups in total. The Morgan fingerprint density at radius 2 is 2.30 bits per heavy atom. The third kappa shape index (κ3) is 3.61. The minimum absolute atomic E-state index is 0.0608. The van der Waals surface area contributed by atoms with Gasteiger partial charge in [-0.25, -0.2) is 9.97 Å². The second-order valence-electron chi connectivity index (χ2n) is 8.57. The highest BCUT2D eigenvalue weighted by Gasteiger charge is 2.28. The van der Waals surface area contributed by atoms with E-state index in [0.717, 1.165) is 47.3 Å². The highest BCUT2D eigenvalue weighted by molar-refractivity contribution is 7.25. The normalized spacial score (nSPS) is 20.5. The fraction of sp³-hybridized carbons (Fsp3) is 0.524. The summed E-state index contributed by atoms with van der Waals surface area (Å²) in [5.41, 5.74) is 2.23. The second kappa shape index (κ2) is 7.40. The van der Waals surface area contributed by atoms with Crippen molar-refractivity contribution in [2.24, 2.45) is 0 Å². The maximum absolute atomic E-state index is 13.0. The van der Waals surface area contributed by atoms with Crippen LogP contribution in [0.15, 0.2) is 17.2 Å². The van der Waals surface area contributed by atoms with Gasteiger partial charge in [0.2, 0.25) is 5.91 Å². The molecule has 0 bridgehead atoms. The van der Waals surface area contributed by atoms with E-state index < -0.39 is 0 Å². The zero-order valence-corrected chi connectivity index (χ0v) is 17.9. The van der Waals surface area contributed by atoms with Crippen molar-refractivity contribution >= 4 is 37.7 Å². The minimum Gasteiger partial charge on any atom is -0.376 e. The van der Waals surface area contributed by atoms with Gasteiger partial charge < -0.3 is 14.8 Å². The Morgan fingerprint density at radius 3 is 3.10 bits per heavy atom. The molecule has 0 unspecified atom stereocenters. The number of fused-ring (bicyclic) bond motifs is 4. The van der Waals surface area contributed by atoms with Gasteiger partial charge in [0.1, 0.15) is 16.1 Å². The van der Waals surface area contributed by atoms with Crippen molar-refractivity contribution in [3.63, 3.8) is 0 Å². The number of hydrogen-bond donors (Lipinski definition) is 1. The first-order valence-electron chi connectivity index (χ1n) is 10.2. The highest BCUT2D eigenvalue weighted by Crippen LogP contribution is 2.34. The Labute approximate surface area is 177 Å². The third-order valence-corrected chi connectivity index (χ3v) is 6.76. The predicted octanol–water partition coefficient (Wildman–Crippen LogP) is 2.15. The summed E-state index contributed by atoms with van der Waals surface area (Å²) in [4.78, 5) is 35.4. The van der Waals surface area contributed by atoms with Crippen LogP contribution in [0.25, 0.3) is 20.4 Å². The fourth-order valence-corrected chi connectivity index (χ4v) is 5.11. The van der Waals surface area contributed by atoms with E-state index in [0.29, 0.717) is 23.4 Å². The summed E-state index contributed by atoms with van der Waals surface area (Å²) in [7, 11) is 0. The van der Waals surface area contributed by atoms with Crippen LogP contribution in [0.1, 0.15) is 37.9 Å². The van der Waals surface area contributed by atoms with Crippen molar-refractivity contribution in [2.45, 2.75) is 58.0 Å². The summed E-state index contributed by atoms with van der Waals surface area (Å²) in [6.07, 6.45) is 4.22. The summed E-state index contributed by atoms with van der Waals surface area (Å²) in [6.45, 7) is 5.76. The molecule has 5 heterocycles. The summed E-state index contributed by atoms with van der Waals surface area (Å²) < 4.78 is 13.3. The van der Waals surface area contributed by atoms with Crippen LogP contribution in [0.2, 0.25) is 0 Å². The van der Waals surface area contributed by atoms with E-state index in [9.17, 15) is 9.59 Å². The predicted molar refractivity (Wildman–Crippen MR) is 114 cm³/mol. The van der Waals surface area contributed by atoms with Gasteiger partial charge in [-0.3, -0.25) is 14.2 Å². The number of carbonyl (C=O) groups excluding carboxylic acids is 1. The number of pyridine rings is 1. The lowest BCUT2D eigenvalue weighted by Crippen LogP contribution is -2.36. The molecule has 3 aromatic rings. The maximum atomic E-state index is 13.0. The molecular weight excluding hydrogens is 404 g/mol. The molecule has 2 aliphatic rings. The topological polar surface area (TPSA) is 95.3 Å². The van der Waals surface area contributed by atoms with Gasteiger partial charge in [0.05, 0.1) is 35.8 Å². The fourth-order valence-electron chi connectivity index (χ4n) is 4.03. The van der Waals surface area contributed by atoms with E-state index in [1.807, 2.05) is 6.07 Å². The SMILES string of the molecule is CC1(C)Cc2nc3sc4c(=O)n(CC(=O)NC[C@@H]5CCCO5)cnc4c3cc2CO1. The van der Waals surface area contributed by atoms with E-state index >= 15 is 0 Å². The van der Waals surface area contributed by atoms with E-state index in [2.05, 4.69) is 24.1 Å². The lowest BCUT2D eigenvalue weighted by Gasteiger charge is -2.30. The van der Waals surface area contributed by atoms with Crippen LogP contribution in [-0.2, 0) is 33.8 Å². The van der Waals surface area contributed by atoms with Crippen LogP contribution in [0.5, 0.6) is 0 Å². The Balaban J connectivity index is 1.43. The summed E-state index contributed by atoms with van der Waals surface area (Å²) in [5, 5.41) is 3.71. The standard InChI is InChI=1S/C21H24N4O4S/c1-21(2)7-15-12(10-29-21)6-14-17-18(30-19(14)24-15)20(27)25(11-23-17)9-16(26)22-8-13-4-3-5-28-13/h6,11,13H,3-5,7-10H2,1-2H3,(H,22,26)/t13-/m0/s1. The zero-order chi connectivity index (χ0) is 20.9. The summed E-state index contributed by atoms with van der Waals surface area (Å²) in [5.74, 6) is -0.220. The lowest BCUT2D eigenvalue weighted by atomic mass is 9.95. The van der Waals surface area contributed by atoms with Crippen molar-refractivity contribution in [1.82, 2.24) is 19.9 Å². The van der Waals surface area contributed by atoms with Gasteiger partial charge in [-0.15, -0.1) is 11.3 Å². The van der Waals surface area contributed by atoms with Gasteiger partial charge in [-0.1, -0.05) is 0 Å². The largest absolute Gasteiger partial charge is 0.376 e. The molecule has 3 aromatic heterocycles. The second-order valence-corrected chi connectivity index (χ2v) is 9.57. The number of nitrogens with zero attached hydrogens (tertiary/aromatic N) is 3. The summed E-state index contributed by atoms with van der Waals surface area (Å²) >= 11 is 1.34. The minimum atomic E-state index is -0.244. The van der Waals surface area contributed by atoms with Gasteiger partial charge in [0.15, 0.2) is 0 Å². The molecule has 30 heavy (non-hydrogen) atoms. The Morgan fingerprint density at radius 1 is 1.43 bits per heavy atom. The van der Waals surface area contributed by atoms with E-state index in [1.54, 1.807) is 0 Å². The van der Waals surface area contributed by atoms with Crippen LogP contribution in [-0.4, -0.2) is 45.3 Å². The third-order valence-electron chi connectivity index (χ3n) is 5.68. The smallest absolute Gasteiger partial charge is 0.271 e. The number of ether oxygens (including phenoxy) is 2. The average Bonchev–Trinajstić information content (AvgIpc) is 3.34. The van der Waals surface area contributed by atoms with Crippen molar-refractivity contribution in [3.05, 3.63) is 34.0 Å². The van der Waals surface area contributed by atoms with Crippen LogP contribution in [0, 0.1) is 0 Å². The first kappa shape index (κ1) is 19.6. The quantitative estimate of drug-likeness (QED) is 0.684. The highest BCUT2D eigenvalue weighted by atomic mass is 32.1. The molecule has 0 aliphatic carbocycles. The maximum Gasteiger partial charge on any atom is 0.271 e. The molecule has 1 saturated heterocycles. The monoisotopic (exact) mass is 428 g/mol. The number of rotatable bonds is 4. The molecule has 5 rings (SSSR count). The summed E-state index contributed by atoms with van der Waals surface area (Å²) in [6, 6.07) is 2.04. The van der Waals surface area contributed by atoms with Gasteiger partial charge in [0.25, 0.3) is 5.56 Å². The molecule has 1 atom stereocenters. The van der Waals surface area contributed by atoms with E-state index in [4.69, 9.17) is 14.5 Å². The molecular formula is C21H24N4O4S.